The first-order valence-corrected chi connectivity index (χ1v) is 5.84. The number of terminal acetylenes is 1. The Labute approximate surface area is 102 Å². The van der Waals surface area contributed by atoms with Gasteiger partial charge in [-0.25, -0.2) is 0 Å². The molecule has 0 unspecified atom stereocenters. The molecule has 1 aliphatic rings. The van der Waals surface area contributed by atoms with Crippen LogP contribution in [0.2, 0.25) is 0 Å². The van der Waals surface area contributed by atoms with E-state index in [4.69, 9.17) is 6.42 Å². The second kappa shape index (κ2) is 4.62. The van der Waals surface area contributed by atoms with Crippen molar-refractivity contribution >= 4 is 5.91 Å². The minimum atomic E-state index is 0.000417. The smallest absolute Gasteiger partial charge is 0.258 e. The molecule has 4 nitrogen and oxygen atoms in total. The Morgan fingerprint density at radius 1 is 1.71 bits per heavy atom. The first kappa shape index (κ1) is 11.7. The van der Waals surface area contributed by atoms with Gasteiger partial charge in [0.2, 0.25) is 0 Å². The Kier molecular flexibility index (Phi) is 3.19. The van der Waals surface area contributed by atoms with E-state index in [1.807, 2.05) is 14.0 Å². The lowest BCUT2D eigenvalue weighted by Crippen LogP contribution is -2.33. The second-order valence-corrected chi connectivity index (χ2v) is 4.60. The van der Waals surface area contributed by atoms with E-state index in [9.17, 15) is 4.79 Å². The molecule has 1 heterocycles. The van der Waals surface area contributed by atoms with E-state index >= 15 is 0 Å². The van der Waals surface area contributed by atoms with Crippen molar-refractivity contribution in [2.75, 3.05) is 13.1 Å². The number of rotatable bonds is 4. The van der Waals surface area contributed by atoms with Gasteiger partial charge in [0.15, 0.2) is 0 Å². The summed E-state index contributed by atoms with van der Waals surface area (Å²) >= 11 is 0. The fourth-order valence-corrected chi connectivity index (χ4v) is 1.82. The molecule has 4 heteroatoms. The van der Waals surface area contributed by atoms with Crippen LogP contribution in [0.4, 0.5) is 0 Å². The van der Waals surface area contributed by atoms with Crippen LogP contribution in [-0.4, -0.2) is 33.7 Å². The van der Waals surface area contributed by atoms with Crippen molar-refractivity contribution in [1.82, 2.24) is 14.7 Å². The fraction of sp³-hybridized carbons (Fsp3) is 0.538. The fourth-order valence-electron chi connectivity index (χ4n) is 1.82. The summed E-state index contributed by atoms with van der Waals surface area (Å²) in [5.74, 6) is 3.20. The Hall–Kier alpha value is -1.76. The van der Waals surface area contributed by atoms with Gasteiger partial charge in [-0.05, 0) is 25.7 Å². The molecule has 0 atom stereocenters. The van der Waals surface area contributed by atoms with Crippen LogP contribution in [0.1, 0.15) is 28.9 Å². The molecule has 0 aromatic carbocycles. The van der Waals surface area contributed by atoms with E-state index < -0.39 is 0 Å². The van der Waals surface area contributed by atoms with E-state index in [0.29, 0.717) is 18.0 Å². The predicted octanol–water partition coefficient (Wildman–Crippen LogP) is 1.21. The van der Waals surface area contributed by atoms with Crippen molar-refractivity contribution in [3.05, 3.63) is 17.5 Å². The van der Waals surface area contributed by atoms with E-state index in [2.05, 4.69) is 11.0 Å². The van der Waals surface area contributed by atoms with Gasteiger partial charge < -0.3 is 4.90 Å². The van der Waals surface area contributed by atoms with Crippen molar-refractivity contribution < 1.29 is 4.79 Å². The van der Waals surface area contributed by atoms with Gasteiger partial charge in [-0.3, -0.25) is 9.48 Å². The molecule has 0 aliphatic heterocycles. The monoisotopic (exact) mass is 231 g/mol. The molecule has 2 rings (SSSR count). The highest BCUT2D eigenvalue weighted by Crippen LogP contribution is 2.30. The number of amides is 1. The normalized spacial score (nSPS) is 14.4. The van der Waals surface area contributed by atoms with Crippen LogP contribution in [0.25, 0.3) is 0 Å². The minimum absolute atomic E-state index is 0.000417. The number of hydrogen-bond acceptors (Lipinski definition) is 2. The summed E-state index contributed by atoms with van der Waals surface area (Å²) in [6.45, 7) is 3.05. The Balaban J connectivity index is 2.15. The number of aryl methyl sites for hydroxylation is 1. The summed E-state index contributed by atoms with van der Waals surface area (Å²) in [5.41, 5.74) is 1.54. The highest BCUT2D eigenvalue weighted by Gasteiger charge is 2.28. The topological polar surface area (TPSA) is 38.1 Å². The van der Waals surface area contributed by atoms with E-state index in [0.717, 1.165) is 12.2 Å². The zero-order valence-corrected chi connectivity index (χ0v) is 10.3. The maximum Gasteiger partial charge on any atom is 0.258 e. The van der Waals surface area contributed by atoms with Crippen LogP contribution >= 0.6 is 0 Å². The molecule has 0 saturated heterocycles. The van der Waals surface area contributed by atoms with Crippen molar-refractivity contribution in [3.63, 3.8) is 0 Å². The zero-order valence-electron chi connectivity index (χ0n) is 10.3. The summed E-state index contributed by atoms with van der Waals surface area (Å²) in [4.78, 5) is 14.1. The molecular weight excluding hydrogens is 214 g/mol. The Morgan fingerprint density at radius 3 is 2.88 bits per heavy atom. The molecule has 90 valence electrons. The minimum Gasteiger partial charge on any atom is -0.327 e. The lowest BCUT2D eigenvalue weighted by molar-refractivity contribution is 0.0769. The third kappa shape index (κ3) is 2.50. The van der Waals surface area contributed by atoms with Gasteiger partial charge in [0.05, 0.1) is 18.3 Å². The lowest BCUT2D eigenvalue weighted by Gasteiger charge is -2.19. The van der Waals surface area contributed by atoms with Crippen LogP contribution in [0.5, 0.6) is 0 Å². The number of aromatic nitrogens is 2. The van der Waals surface area contributed by atoms with Crippen LogP contribution in [0.3, 0.4) is 0 Å². The molecule has 1 aromatic heterocycles. The van der Waals surface area contributed by atoms with Gasteiger partial charge in [0, 0.05) is 19.3 Å². The average Bonchev–Trinajstić information content (AvgIpc) is 3.06. The molecule has 1 aromatic rings. The van der Waals surface area contributed by atoms with Gasteiger partial charge in [-0.15, -0.1) is 6.42 Å². The molecule has 0 N–H and O–H groups in total. The first-order chi connectivity index (χ1) is 8.13. The first-order valence-electron chi connectivity index (χ1n) is 5.84. The quantitative estimate of drug-likeness (QED) is 0.731. The highest BCUT2D eigenvalue weighted by molar-refractivity contribution is 5.95. The Morgan fingerprint density at radius 2 is 2.41 bits per heavy atom. The summed E-state index contributed by atoms with van der Waals surface area (Å²) in [6.07, 6.45) is 9.36. The third-order valence-electron chi connectivity index (χ3n) is 3.21. The summed E-state index contributed by atoms with van der Waals surface area (Å²) < 4.78 is 1.71. The number of carbonyl (C=O) groups is 1. The maximum atomic E-state index is 12.3. The van der Waals surface area contributed by atoms with Crippen molar-refractivity contribution in [2.24, 2.45) is 13.0 Å². The molecule has 17 heavy (non-hydrogen) atoms. The van der Waals surface area contributed by atoms with Gasteiger partial charge in [-0.1, -0.05) is 5.92 Å². The maximum absolute atomic E-state index is 12.3. The Bertz CT molecular complexity index is 465. The van der Waals surface area contributed by atoms with E-state index in [-0.39, 0.29) is 5.91 Å². The molecule has 1 amide bonds. The summed E-state index contributed by atoms with van der Waals surface area (Å²) in [7, 11) is 1.83. The molecule has 1 fully saturated rings. The van der Waals surface area contributed by atoms with Crippen LogP contribution in [-0.2, 0) is 7.05 Å². The average molecular weight is 231 g/mol. The molecule has 0 bridgehead atoms. The molecule has 1 saturated carbocycles. The lowest BCUT2D eigenvalue weighted by atomic mass is 10.2. The summed E-state index contributed by atoms with van der Waals surface area (Å²) in [5, 5.41) is 4.09. The van der Waals surface area contributed by atoms with E-state index in [1.54, 1.807) is 15.8 Å². The number of carbonyl (C=O) groups excluding carboxylic acids is 1. The second-order valence-electron chi connectivity index (χ2n) is 4.60. The van der Waals surface area contributed by atoms with Crippen molar-refractivity contribution in [2.45, 2.75) is 19.8 Å². The van der Waals surface area contributed by atoms with Crippen molar-refractivity contribution in [3.8, 4) is 12.3 Å². The zero-order chi connectivity index (χ0) is 12.4. The van der Waals surface area contributed by atoms with Crippen molar-refractivity contribution in [1.29, 1.82) is 0 Å². The molecular formula is C13H17N3O. The third-order valence-corrected chi connectivity index (χ3v) is 3.21. The van der Waals surface area contributed by atoms with Gasteiger partial charge in [0.1, 0.15) is 0 Å². The standard InChI is InChI=1S/C13H17N3O/c1-4-7-16(9-11-5-6-11)13(17)12-8-14-15(3)10(12)2/h1,8,11H,5-7,9H2,2-3H3. The molecule has 1 aliphatic carbocycles. The molecule has 0 spiro atoms. The number of hydrogen-bond donors (Lipinski definition) is 0. The highest BCUT2D eigenvalue weighted by atomic mass is 16.2. The van der Waals surface area contributed by atoms with Gasteiger partial charge >= 0.3 is 0 Å². The number of nitrogens with zero attached hydrogens (tertiary/aromatic N) is 3. The van der Waals surface area contributed by atoms with Crippen LogP contribution < -0.4 is 0 Å². The SMILES string of the molecule is C#CCN(CC1CC1)C(=O)c1cnn(C)c1C. The summed E-state index contributed by atoms with van der Waals surface area (Å²) in [6, 6.07) is 0. The van der Waals surface area contributed by atoms with E-state index in [1.165, 1.54) is 12.8 Å². The molecule has 0 radical (unpaired) electrons. The van der Waals surface area contributed by atoms with Gasteiger partial charge in [0.25, 0.3) is 5.91 Å². The largest absolute Gasteiger partial charge is 0.327 e. The van der Waals surface area contributed by atoms with Crippen LogP contribution in [0.15, 0.2) is 6.20 Å². The predicted molar refractivity (Wildman–Crippen MR) is 65.4 cm³/mol. The van der Waals surface area contributed by atoms with Gasteiger partial charge in [-0.2, -0.15) is 5.10 Å². The van der Waals surface area contributed by atoms with Crippen LogP contribution in [0, 0.1) is 25.2 Å².